The smallest absolute Gasteiger partial charge is 0.0816 e. The summed E-state index contributed by atoms with van der Waals surface area (Å²) in [6.07, 6.45) is 1.21. The molecule has 1 N–H and O–H groups in total. The molecule has 0 aliphatic carbocycles. The van der Waals surface area contributed by atoms with E-state index >= 15 is 0 Å². The lowest BCUT2D eigenvalue weighted by Crippen LogP contribution is -2.24. The van der Waals surface area contributed by atoms with Gasteiger partial charge >= 0.3 is 0 Å². The average molecular weight is 304 g/mol. The predicted octanol–water partition coefficient (Wildman–Crippen LogP) is 3.94. The van der Waals surface area contributed by atoms with Crippen molar-refractivity contribution in [1.82, 2.24) is 4.90 Å². The molecule has 0 bridgehead atoms. The summed E-state index contributed by atoms with van der Waals surface area (Å²) in [4.78, 5) is 2.24. The van der Waals surface area contributed by atoms with Gasteiger partial charge < -0.3 is 10.0 Å². The van der Waals surface area contributed by atoms with Crippen molar-refractivity contribution < 1.29 is 5.11 Å². The van der Waals surface area contributed by atoms with Gasteiger partial charge in [0.05, 0.1) is 6.10 Å². The van der Waals surface area contributed by atoms with Crippen LogP contribution in [0, 0.1) is 0 Å². The van der Waals surface area contributed by atoms with Gasteiger partial charge in [-0.3, -0.25) is 0 Å². The Morgan fingerprint density at radius 2 is 1.67 bits per heavy atom. The molecule has 1 unspecified atom stereocenters. The molecular formula is C18H22ClNO. The molecule has 1 atom stereocenters. The largest absolute Gasteiger partial charge is 0.388 e. The summed E-state index contributed by atoms with van der Waals surface area (Å²) >= 11 is 6.10. The second-order valence-corrected chi connectivity index (χ2v) is 5.77. The molecule has 0 saturated carbocycles. The third kappa shape index (κ3) is 5.16. The number of hydrogen-bond acceptors (Lipinski definition) is 2. The Kier molecular flexibility index (Phi) is 6.24. The molecule has 2 aromatic rings. The number of halogens is 1. The van der Waals surface area contributed by atoms with Crippen molar-refractivity contribution in [2.24, 2.45) is 0 Å². The van der Waals surface area contributed by atoms with Gasteiger partial charge in [-0.25, -0.2) is 0 Å². The molecular weight excluding hydrogens is 282 g/mol. The molecule has 2 aromatic carbocycles. The second-order valence-electron chi connectivity index (χ2n) is 5.36. The molecule has 0 radical (unpaired) electrons. The molecule has 0 fully saturated rings. The van der Waals surface area contributed by atoms with Crippen LogP contribution in [0.2, 0.25) is 5.02 Å². The summed E-state index contributed by atoms with van der Waals surface area (Å²) in [5.74, 6) is 0. The fourth-order valence-electron chi connectivity index (χ4n) is 2.32. The van der Waals surface area contributed by atoms with Crippen molar-refractivity contribution in [3.63, 3.8) is 0 Å². The molecule has 0 aliphatic heterocycles. The molecule has 21 heavy (non-hydrogen) atoms. The Labute approximate surface area is 132 Å². The van der Waals surface area contributed by atoms with Crippen LogP contribution in [0.3, 0.4) is 0 Å². The molecule has 0 aromatic heterocycles. The fraction of sp³-hybridized carbons (Fsp3) is 0.333. The number of hydrogen-bond donors (Lipinski definition) is 1. The van der Waals surface area contributed by atoms with E-state index in [4.69, 9.17) is 11.6 Å². The zero-order chi connectivity index (χ0) is 15.1. The Morgan fingerprint density at radius 1 is 1.00 bits per heavy atom. The first kappa shape index (κ1) is 16.0. The van der Waals surface area contributed by atoms with Crippen LogP contribution in [0.25, 0.3) is 0 Å². The van der Waals surface area contributed by atoms with Crippen molar-refractivity contribution in [2.75, 3.05) is 20.1 Å². The van der Waals surface area contributed by atoms with Crippen LogP contribution in [0.4, 0.5) is 0 Å². The first-order valence-electron chi connectivity index (χ1n) is 7.32. The maximum absolute atomic E-state index is 10.2. The van der Waals surface area contributed by atoms with Crippen LogP contribution < -0.4 is 0 Å². The second kappa shape index (κ2) is 8.18. The van der Waals surface area contributed by atoms with Gasteiger partial charge in [0, 0.05) is 18.1 Å². The maximum Gasteiger partial charge on any atom is 0.0816 e. The number of rotatable bonds is 7. The normalized spacial score (nSPS) is 12.6. The quantitative estimate of drug-likeness (QED) is 0.837. The van der Waals surface area contributed by atoms with Gasteiger partial charge in [0.15, 0.2) is 0 Å². The van der Waals surface area contributed by atoms with Crippen LogP contribution in [0.5, 0.6) is 0 Å². The monoisotopic (exact) mass is 303 g/mol. The van der Waals surface area contributed by atoms with Crippen molar-refractivity contribution in [2.45, 2.75) is 18.9 Å². The number of benzene rings is 2. The van der Waals surface area contributed by atoms with Crippen molar-refractivity contribution in [3.05, 3.63) is 70.7 Å². The van der Waals surface area contributed by atoms with Gasteiger partial charge in [-0.2, -0.15) is 0 Å². The van der Waals surface area contributed by atoms with E-state index in [-0.39, 0.29) is 0 Å². The first-order chi connectivity index (χ1) is 10.2. The Morgan fingerprint density at radius 3 is 2.38 bits per heavy atom. The van der Waals surface area contributed by atoms with E-state index in [9.17, 15) is 5.11 Å². The van der Waals surface area contributed by atoms with Crippen LogP contribution >= 0.6 is 11.6 Å². The summed E-state index contributed by atoms with van der Waals surface area (Å²) in [7, 11) is 2.09. The highest BCUT2D eigenvalue weighted by molar-refractivity contribution is 6.31. The van der Waals surface area contributed by atoms with Gasteiger partial charge in [0.1, 0.15) is 0 Å². The predicted molar refractivity (Wildman–Crippen MR) is 88.7 cm³/mol. The van der Waals surface area contributed by atoms with Gasteiger partial charge in [-0.1, -0.05) is 60.1 Å². The third-order valence-corrected chi connectivity index (χ3v) is 4.02. The van der Waals surface area contributed by atoms with Crippen molar-refractivity contribution >= 4 is 11.6 Å². The zero-order valence-corrected chi connectivity index (χ0v) is 13.1. The maximum atomic E-state index is 10.2. The van der Waals surface area contributed by atoms with E-state index in [1.165, 1.54) is 5.56 Å². The van der Waals surface area contributed by atoms with Gasteiger partial charge in [0.2, 0.25) is 0 Å². The lowest BCUT2D eigenvalue weighted by molar-refractivity contribution is 0.149. The van der Waals surface area contributed by atoms with Crippen LogP contribution in [0.1, 0.15) is 23.7 Å². The Balaban J connectivity index is 1.76. The molecule has 0 aliphatic rings. The molecule has 2 rings (SSSR count). The standard InChI is InChI=1S/C18H22ClNO/c1-20(13-11-15-7-3-2-4-8-15)14-12-18(21)16-9-5-6-10-17(16)19/h2-10,18,21H,11-14H2,1H3. The molecule has 2 nitrogen and oxygen atoms in total. The van der Waals surface area contributed by atoms with Gasteiger partial charge in [0.25, 0.3) is 0 Å². The summed E-state index contributed by atoms with van der Waals surface area (Å²) in [6.45, 7) is 1.83. The van der Waals surface area contributed by atoms with Crippen LogP contribution in [-0.4, -0.2) is 30.1 Å². The van der Waals surface area contributed by atoms with Crippen LogP contribution in [-0.2, 0) is 6.42 Å². The van der Waals surface area contributed by atoms with E-state index in [0.29, 0.717) is 11.4 Å². The molecule has 112 valence electrons. The van der Waals surface area contributed by atoms with Crippen molar-refractivity contribution in [3.8, 4) is 0 Å². The Bertz CT molecular complexity index is 544. The van der Waals surface area contributed by atoms with Gasteiger partial charge in [-0.05, 0) is 37.1 Å². The van der Waals surface area contributed by atoms with E-state index in [2.05, 4.69) is 36.2 Å². The third-order valence-electron chi connectivity index (χ3n) is 3.67. The molecule has 0 amide bonds. The van der Waals surface area contributed by atoms with Crippen molar-refractivity contribution in [1.29, 1.82) is 0 Å². The van der Waals surface area contributed by atoms with E-state index in [0.717, 1.165) is 25.1 Å². The fourth-order valence-corrected chi connectivity index (χ4v) is 2.58. The lowest BCUT2D eigenvalue weighted by atomic mass is 10.1. The van der Waals surface area contributed by atoms with E-state index in [1.807, 2.05) is 30.3 Å². The SMILES string of the molecule is CN(CCc1ccccc1)CCC(O)c1ccccc1Cl. The van der Waals surface area contributed by atoms with Crippen LogP contribution in [0.15, 0.2) is 54.6 Å². The van der Waals surface area contributed by atoms with E-state index in [1.54, 1.807) is 0 Å². The first-order valence-corrected chi connectivity index (χ1v) is 7.69. The summed E-state index contributed by atoms with van der Waals surface area (Å²) in [5, 5.41) is 10.9. The summed E-state index contributed by atoms with van der Waals surface area (Å²) < 4.78 is 0. The van der Waals surface area contributed by atoms with Gasteiger partial charge in [-0.15, -0.1) is 0 Å². The summed E-state index contributed by atoms with van der Waals surface area (Å²) in [6, 6.07) is 17.9. The molecule has 0 spiro atoms. The minimum Gasteiger partial charge on any atom is -0.388 e. The highest BCUT2D eigenvalue weighted by atomic mass is 35.5. The van der Waals surface area contributed by atoms with E-state index < -0.39 is 6.10 Å². The number of aliphatic hydroxyl groups is 1. The lowest BCUT2D eigenvalue weighted by Gasteiger charge is -2.19. The average Bonchev–Trinajstić information content (AvgIpc) is 2.52. The highest BCUT2D eigenvalue weighted by Crippen LogP contribution is 2.24. The number of aliphatic hydroxyl groups excluding tert-OH is 1. The minimum atomic E-state index is -0.502. The highest BCUT2D eigenvalue weighted by Gasteiger charge is 2.11. The zero-order valence-electron chi connectivity index (χ0n) is 12.4. The summed E-state index contributed by atoms with van der Waals surface area (Å²) in [5.41, 5.74) is 2.16. The Hall–Kier alpha value is -1.35. The number of likely N-dealkylation sites (N-methyl/N-ethyl adjacent to an activating group) is 1. The minimum absolute atomic E-state index is 0.502. The molecule has 3 heteroatoms. The molecule has 0 saturated heterocycles. The number of nitrogens with zero attached hydrogens (tertiary/aromatic N) is 1. The topological polar surface area (TPSA) is 23.5 Å². The molecule has 0 heterocycles.